The average Bonchev–Trinajstić information content (AvgIpc) is 3.95. The molecule has 53 heavy (non-hydrogen) atoms. The molecule has 0 aliphatic carbocycles. The second-order valence-electron chi connectivity index (χ2n) is 13.4. The highest BCUT2D eigenvalue weighted by Gasteiger charge is 2.18. The molecule has 0 amide bonds. The van der Waals surface area contributed by atoms with Crippen molar-refractivity contribution in [1.82, 2.24) is 73.2 Å². The Labute approximate surface area is 318 Å². The molecule has 0 fully saturated rings. The smallest absolute Gasteiger partial charge is 0.177 e. The van der Waals surface area contributed by atoms with Gasteiger partial charge in [0.1, 0.15) is 10.4 Å². The first-order chi connectivity index (χ1) is 25.6. The van der Waals surface area contributed by atoms with Crippen LogP contribution in [0.4, 0.5) is 28.8 Å². The Balaban J connectivity index is 0.000000119. The monoisotopic (exact) mass is 802 g/mol. The van der Waals surface area contributed by atoms with E-state index < -0.39 is 0 Å². The molecule has 7 aromatic heterocycles. The number of nitrogens with two attached hydrogens (primary N) is 1. The first kappa shape index (κ1) is 35.0. The minimum Gasteiger partial charge on any atom is -0.382 e. The lowest BCUT2D eigenvalue weighted by atomic mass is 10.3. The largest absolute Gasteiger partial charge is 0.382 e. The van der Waals surface area contributed by atoms with Crippen LogP contribution in [0, 0.1) is 0 Å². The maximum Gasteiger partial charge on any atom is 0.177 e. The minimum absolute atomic E-state index is 0.409. The Bertz CT molecular complexity index is 2230. The average molecular weight is 804 g/mol. The van der Waals surface area contributed by atoms with E-state index in [0.29, 0.717) is 11.0 Å². The fourth-order valence-corrected chi connectivity index (χ4v) is 7.16. The fourth-order valence-electron chi connectivity index (χ4n) is 6.57. The number of anilines is 5. The Kier molecular flexibility index (Phi) is 9.73. The van der Waals surface area contributed by atoms with Gasteiger partial charge in [-0.3, -0.25) is 28.7 Å². The maximum atomic E-state index is 6.04. The highest BCUT2D eigenvalue weighted by Crippen LogP contribution is 2.26. The minimum atomic E-state index is 0.409. The Morgan fingerprint density at radius 2 is 1.08 bits per heavy atom. The molecule has 276 valence electrons. The van der Waals surface area contributed by atoms with Gasteiger partial charge >= 0.3 is 0 Å². The van der Waals surface area contributed by atoms with Crippen molar-refractivity contribution < 1.29 is 0 Å². The molecular weight excluding hydrogens is 764 g/mol. The Morgan fingerprint density at radius 3 is 1.62 bits per heavy atom. The van der Waals surface area contributed by atoms with Crippen molar-refractivity contribution in [2.45, 2.75) is 39.3 Å². The first-order valence-electron chi connectivity index (χ1n) is 17.2. The fraction of sp³-hybridized carbons (Fsp3) is 0.364. The lowest BCUT2D eigenvalue weighted by Gasteiger charge is -2.22. The van der Waals surface area contributed by atoms with Gasteiger partial charge in [0.05, 0.1) is 48.1 Å². The van der Waals surface area contributed by atoms with E-state index in [1.54, 1.807) is 33.7 Å². The van der Waals surface area contributed by atoms with Gasteiger partial charge in [0.25, 0.3) is 0 Å². The summed E-state index contributed by atoms with van der Waals surface area (Å²) in [6.45, 7) is 8.69. The molecule has 0 spiro atoms. The summed E-state index contributed by atoms with van der Waals surface area (Å²) in [5, 5.41) is 28.9. The van der Waals surface area contributed by atoms with Crippen LogP contribution in [0.5, 0.6) is 0 Å². The predicted octanol–water partition coefficient (Wildman–Crippen LogP) is 3.56. The molecule has 0 aromatic carbocycles. The molecule has 10 rings (SSSR count). The van der Waals surface area contributed by atoms with Crippen LogP contribution in [-0.2, 0) is 39.3 Å². The number of aromatic nitrogens is 12. The molecule has 3 aliphatic heterocycles. The highest BCUT2D eigenvalue weighted by molar-refractivity contribution is 9.10. The number of likely N-dealkylation sites (N-methyl/N-ethyl adjacent to an activating group) is 3. The van der Waals surface area contributed by atoms with Gasteiger partial charge in [0.2, 0.25) is 0 Å². The molecule has 0 unspecified atom stereocenters. The summed E-state index contributed by atoms with van der Waals surface area (Å²) in [5.74, 6) is 2.27. The van der Waals surface area contributed by atoms with Crippen LogP contribution in [0.15, 0.2) is 59.7 Å². The molecule has 0 bridgehead atoms. The summed E-state index contributed by atoms with van der Waals surface area (Å²) in [6, 6.07) is 9.75. The number of imidazole rings is 2. The van der Waals surface area contributed by atoms with E-state index in [1.165, 1.54) is 17.1 Å². The third kappa shape index (κ3) is 7.84. The number of nitrogens with zero attached hydrogens (tertiary/aromatic N) is 15. The molecule has 4 N–H and O–H groups in total. The van der Waals surface area contributed by atoms with Crippen molar-refractivity contribution >= 4 is 67.7 Å². The van der Waals surface area contributed by atoms with Crippen LogP contribution in [0.25, 0.3) is 11.3 Å². The third-order valence-corrected chi connectivity index (χ3v) is 9.74. The molecule has 0 atom stereocenters. The predicted molar refractivity (Wildman–Crippen MR) is 205 cm³/mol. The third-order valence-electron chi connectivity index (χ3n) is 9.17. The van der Waals surface area contributed by atoms with E-state index in [0.717, 1.165) is 97.8 Å². The number of rotatable bonds is 4. The van der Waals surface area contributed by atoms with Crippen molar-refractivity contribution in [3.63, 3.8) is 0 Å². The van der Waals surface area contributed by atoms with Gasteiger partial charge < -0.3 is 16.4 Å². The van der Waals surface area contributed by atoms with Crippen LogP contribution >= 0.6 is 27.5 Å². The second kappa shape index (κ2) is 14.7. The number of hydrogen-bond acceptors (Lipinski definition) is 13. The summed E-state index contributed by atoms with van der Waals surface area (Å²) in [7, 11) is 6.34. The molecule has 0 saturated carbocycles. The number of nitrogens with one attached hydrogen (secondary N) is 2. The van der Waals surface area contributed by atoms with Crippen molar-refractivity contribution in [2.24, 2.45) is 0 Å². The molecule has 3 aliphatic rings. The van der Waals surface area contributed by atoms with Gasteiger partial charge in [0.15, 0.2) is 28.1 Å². The molecule has 0 radical (unpaired) electrons. The van der Waals surface area contributed by atoms with Gasteiger partial charge in [-0.1, -0.05) is 11.6 Å². The Morgan fingerprint density at radius 1 is 0.604 bits per heavy atom. The van der Waals surface area contributed by atoms with E-state index in [4.69, 9.17) is 17.3 Å². The van der Waals surface area contributed by atoms with E-state index >= 15 is 0 Å². The quantitative estimate of drug-likeness (QED) is 0.236. The molecule has 20 heteroatoms. The lowest BCUT2D eigenvalue weighted by Crippen LogP contribution is -2.30. The van der Waals surface area contributed by atoms with Gasteiger partial charge in [-0.2, -0.15) is 25.5 Å². The second-order valence-corrected chi connectivity index (χ2v) is 14.6. The van der Waals surface area contributed by atoms with Gasteiger partial charge in [0, 0.05) is 94.4 Å². The Hall–Kier alpha value is -5.08. The van der Waals surface area contributed by atoms with Crippen LogP contribution in [0.2, 0.25) is 5.15 Å². The van der Waals surface area contributed by atoms with Crippen molar-refractivity contribution in [3.05, 3.63) is 82.0 Å². The zero-order valence-corrected chi connectivity index (χ0v) is 31.9. The molecule has 18 nitrogen and oxygen atoms in total. The zero-order valence-electron chi connectivity index (χ0n) is 29.6. The van der Waals surface area contributed by atoms with Crippen molar-refractivity contribution in [3.8, 4) is 0 Å². The maximum absolute atomic E-state index is 6.04. The van der Waals surface area contributed by atoms with E-state index in [2.05, 4.69) is 115 Å². The highest BCUT2D eigenvalue weighted by atomic mass is 79.9. The standard InChI is InChI=1S/C13H14BrN7.C13H14ClN7.C7H12N4/c2*1-19-4-5-20-9(8-19)6-12(18-20)16-10-7-11(14)17-21-3-2-15-13(10)21;1-10-2-3-11-6(5-10)4-7(8)9-11/h2*2-3,6-7H,4-5,8H2,1H3,(H,16,18);4H,2-3,5H2,1H3,(H2,8,9). The summed E-state index contributed by atoms with van der Waals surface area (Å²) in [6.07, 6.45) is 7.00. The van der Waals surface area contributed by atoms with Crippen molar-refractivity contribution in [1.29, 1.82) is 0 Å². The summed E-state index contributed by atoms with van der Waals surface area (Å²) < 4.78 is 10.2. The van der Waals surface area contributed by atoms with Gasteiger partial charge in [-0.25, -0.2) is 19.0 Å². The van der Waals surface area contributed by atoms with Crippen molar-refractivity contribution in [2.75, 3.05) is 57.1 Å². The normalized spacial score (nSPS) is 15.9. The van der Waals surface area contributed by atoms with E-state index in [9.17, 15) is 0 Å². The molecule has 7 aromatic rings. The van der Waals surface area contributed by atoms with Gasteiger partial charge in [-0.15, -0.1) is 0 Å². The SMILES string of the molecule is CN1CCn2nc(N)cc2C1.CN1CCn2nc(Nc3cc(Br)nn4ccnc34)cc2C1.CN1CCn2nc(Nc3cc(Cl)nn4ccnc34)cc2C1. The van der Waals surface area contributed by atoms with E-state index in [1.807, 2.05) is 27.7 Å². The number of halogens is 2. The topological polar surface area (TPSA) is 174 Å². The van der Waals surface area contributed by atoms with Crippen LogP contribution < -0.4 is 16.4 Å². The number of nitrogen functional groups attached to an aromatic ring is 1. The molecule has 0 saturated heterocycles. The number of fused-ring (bicyclic) bond motifs is 5. The summed E-state index contributed by atoms with van der Waals surface area (Å²) in [5.41, 5.74) is 12.4. The molecular formula is C33H40BrClN18. The zero-order chi connectivity index (χ0) is 36.6. The van der Waals surface area contributed by atoms with Crippen LogP contribution in [0.1, 0.15) is 17.1 Å². The lowest BCUT2D eigenvalue weighted by molar-refractivity contribution is 0.259. The summed E-state index contributed by atoms with van der Waals surface area (Å²) >= 11 is 9.45. The van der Waals surface area contributed by atoms with E-state index in [-0.39, 0.29) is 0 Å². The van der Waals surface area contributed by atoms with Gasteiger partial charge in [-0.05, 0) is 37.1 Å². The summed E-state index contributed by atoms with van der Waals surface area (Å²) in [4.78, 5) is 15.4. The number of hydrogen-bond donors (Lipinski definition) is 3. The van der Waals surface area contributed by atoms with Crippen LogP contribution in [-0.4, -0.2) is 114 Å². The molecule has 10 heterocycles. The first-order valence-corrected chi connectivity index (χ1v) is 18.4. The van der Waals surface area contributed by atoms with Crippen LogP contribution in [0.3, 0.4) is 0 Å².